The zero-order chi connectivity index (χ0) is 18.4. The van der Waals surface area contributed by atoms with Gasteiger partial charge < -0.3 is 10.0 Å². The van der Waals surface area contributed by atoms with E-state index in [1.807, 2.05) is 42.5 Å². The van der Waals surface area contributed by atoms with E-state index in [1.54, 1.807) is 48.5 Å². The molecule has 1 amide bonds. The Kier molecular flexibility index (Phi) is 5.44. The lowest BCUT2D eigenvalue weighted by atomic mass is 10.0. The molecule has 0 bridgehead atoms. The summed E-state index contributed by atoms with van der Waals surface area (Å²) in [6.45, 7) is 0.209. The third kappa shape index (κ3) is 3.98. The van der Waals surface area contributed by atoms with Gasteiger partial charge in [-0.1, -0.05) is 78.9 Å². The molecule has 4 nitrogen and oxygen atoms in total. The summed E-state index contributed by atoms with van der Waals surface area (Å²) in [5, 5.41) is 9.88. The topological polar surface area (TPSA) is 57.6 Å². The molecule has 0 aromatic heterocycles. The van der Waals surface area contributed by atoms with Crippen molar-refractivity contribution in [2.45, 2.75) is 12.6 Å². The molecule has 26 heavy (non-hydrogen) atoms. The molecule has 3 aromatic rings. The van der Waals surface area contributed by atoms with E-state index >= 15 is 0 Å². The Morgan fingerprint density at radius 2 is 1.27 bits per heavy atom. The van der Waals surface area contributed by atoms with Gasteiger partial charge in [0.05, 0.1) is 0 Å². The molecular weight excluding hydrogens is 326 g/mol. The van der Waals surface area contributed by atoms with Crippen LogP contribution in [-0.4, -0.2) is 21.9 Å². The molecule has 1 atom stereocenters. The minimum absolute atomic E-state index is 0.209. The standard InChI is InChI=1S/C22H19NO3/c24-21(19-14-8-3-9-15-19)23(16-17-10-4-1-5-11-17)20(22(25)26)18-12-6-2-7-13-18/h1-15,20H,16H2,(H,25,26). The second-order valence-electron chi connectivity index (χ2n) is 5.94. The number of carboxylic acids is 1. The molecule has 0 spiro atoms. The van der Waals surface area contributed by atoms with Gasteiger partial charge in [-0.2, -0.15) is 0 Å². The van der Waals surface area contributed by atoms with Gasteiger partial charge in [0.25, 0.3) is 5.91 Å². The van der Waals surface area contributed by atoms with Crippen LogP contribution >= 0.6 is 0 Å². The van der Waals surface area contributed by atoms with E-state index < -0.39 is 12.0 Å². The summed E-state index contributed by atoms with van der Waals surface area (Å²) >= 11 is 0. The maximum absolute atomic E-state index is 13.1. The number of hydrogen-bond acceptors (Lipinski definition) is 2. The van der Waals surface area contributed by atoms with Crippen molar-refractivity contribution in [3.8, 4) is 0 Å². The Hall–Kier alpha value is -3.40. The normalized spacial score (nSPS) is 11.5. The van der Waals surface area contributed by atoms with E-state index in [-0.39, 0.29) is 12.5 Å². The summed E-state index contributed by atoms with van der Waals surface area (Å²) < 4.78 is 0. The van der Waals surface area contributed by atoms with Crippen molar-refractivity contribution in [1.29, 1.82) is 0 Å². The highest BCUT2D eigenvalue weighted by atomic mass is 16.4. The number of carboxylic acid groups (broad SMARTS) is 1. The molecule has 4 heteroatoms. The third-order valence-corrected chi connectivity index (χ3v) is 4.14. The predicted octanol–water partition coefficient (Wildman–Crippen LogP) is 4.15. The summed E-state index contributed by atoms with van der Waals surface area (Å²) in [6, 6.07) is 25.9. The van der Waals surface area contributed by atoms with Crippen molar-refractivity contribution >= 4 is 11.9 Å². The van der Waals surface area contributed by atoms with Crippen molar-refractivity contribution < 1.29 is 14.7 Å². The van der Waals surface area contributed by atoms with Crippen LogP contribution in [0.15, 0.2) is 91.0 Å². The van der Waals surface area contributed by atoms with Crippen LogP contribution in [-0.2, 0) is 11.3 Å². The summed E-state index contributed by atoms with van der Waals surface area (Å²) in [6.07, 6.45) is 0. The first-order valence-electron chi connectivity index (χ1n) is 8.34. The Balaban J connectivity index is 2.03. The average molecular weight is 345 g/mol. The Bertz CT molecular complexity index is 864. The molecule has 0 saturated carbocycles. The summed E-state index contributed by atoms with van der Waals surface area (Å²) in [5.41, 5.74) is 1.91. The second-order valence-corrected chi connectivity index (χ2v) is 5.94. The molecule has 3 aromatic carbocycles. The fraction of sp³-hybridized carbons (Fsp3) is 0.0909. The van der Waals surface area contributed by atoms with Crippen LogP contribution in [0, 0.1) is 0 Å². The predicted molar refractivity (Wildman–Crippen MR) is 99.6 cm³/mol. The SMILES string of the molecule is O=C(O)C(c1ccccc1)N(Cc1ccccc1)C(=O)c1ccccc1. The monoisotopic (exact) mass is 345 g/mol. The van der Waals surface area contributed by atoms with Crippen molar-refractivity contribution in [3.05, 3.63) is 108 Å². The van der Waals surface area contributed by atoms with Crippen LogP contribution in [0.4, 0.5) is 0 Å². The number of carbonyl (C=O) groups is 2. The van der Waals surface area contributed by atoms with Crippen LogP contribution in [0.5, 0.6) is 0 Å². The first-order valence-corrected chi connectivity index (χ1v) is 8.34. The molecule has 0 saturated heterocycles. The lowest BCUT2D eigenvalue weighted by molar-refractivity contribution is -0.142. The molecule has 0 aliphatic carbocycles. The third-order valence-electron chi connectivity index (χ3n) is 4.14. The van der Waals surface area contributed by atoms with Crippen LogP contribution in [0.3, 0.4) is 0 Å². The minimum atomic E-state index is -1.07. The fourth-order valence-corrected chi connectivity index (χ4v) is 2.90. The van der Waals surface area contributed by atoms with Gasteiger partial charge in [0, 0.05) is 12.1 Å². The molecule has 3 rings (SSSR count). The second kappa shape index (κ2) is 8.12. The largest absolute Gasteiger partial charge is 0.479 e. The highest BCUT2D eigenvalue weighted by Crippen LogP contribution is 2.25. The number of amides is 1. The number of carbonyl (C=O) groups excluding carboxylic acids is 1. The molecule has 1 unspecified atom stereocenters. The van der Waals surface area contributed by atoms with E-state index in [0.717, 1.165) is 5.56 Å². The molecule has 0 heterocycles. The number of hydrogen-bond donors (Lipinski definition) is 1. The molecule has 0 radical (unpaired) electrons. The van der Waals surface area contributed by atoms with E-state index in [1.165, 1.54) is 4.90 Å². The number of aliphatic carboxylic acids is 1. The summed E-state index contributed by atoms with van der Waals surface area (Å²) in [5.74, 6) is -1.37. The maximum Gasteiger partial charge on any atom is 0.331 e. The Labute approximate surface area is 152 Å². The number of benzene rings is 3. The van der Waals surface area contributed by atoms with Gasteiger partial charge in [-0.3, -0.25) is 4.79 Å². The molecular formula is C22H19NO3. The zero-order valence-corrected chi connectivity index (χ0v) is 14.2. The first-order chi connectivity index (χ1) is 12.7. The Morgan fingerprint density at radius 3 is 1.81 bits per heavy atom. The molecule has 0 fully saturated rings. The van der Waals surface area contributed by atoms with Gasteiger partial charge in [0.15, 0.2) is 6.04 Å². The lowest BCUT2D eigenvalue weighted by Gasteiger charge is -2.29. The molecule has 0 aliphatic heterocycles. The first kappa shape index (κ1) is 17.4. The van der Waals surface area contributed by atoms with Gasteiger partial charge in [-0.15, -0.1) is 0 Å². The van der Waals surface area contributed by atoms with Crippen molar-refractivity contribution in [2.75, 3.05) is 0 Å². The van der Waals surface area contributed by atoms with E-state index in [0.29, 0.717) is 11.1 Å². The highest BCUT2D eigenvalue weighted by Gasteiger charge is 2.31. The Morgan fingerprint density at radius 1 is 0.769 bits per heavy atom. The molecule has 0 aliphatic rings. The minimum Gasteiger partial charge on any atom is -0.479 e. The van der Waals surface area contributed by atoms with Gasteiger partial charge in [0.2, 0.25) is 0 Å². The quantitative estimate of drug-likeness (QED) is 0.730. The zero-order valence-electron chi connectivity index (χ0n) is 14.2. The molecule has 130 valence electrons. The highest BCUT2D eigenvalue weighted by molar-refractivity contribution is 5.96. The van der Waals surface area contributed by atoms with Gasteiger partial charge in [-0.05, 0) is 23.3 Å². The molecule has 1 N–H and O–H groups in total. The van der Waals surface area contributed by atoms with E-state index in [9.17, 15) is 14.7 Å². The summed E-state index contributed by atoms with van der Waals surface area (Å²) in [4.78, 5) is 26.6. The summed E-state index contributed by atoms with van der Waals surface area (Å²) in [7, 11) is 0. The maximum atomic E-state index is 13.1. The van der Waals surface area contributed by atoms with Gasteiger partial charge in [-0.25, -0.2) is 4.79 Å². The van der Waals surface area contributed by atoms with E-state index in [4.69, 9.17) is 0 Å². The fourth-order valence-electron chi connectivity index (χ4n) is 2.90. The van der Waals surface area contributed by atoms with Crippen LogP contribution < -0.4 is 0 Å². The van der Waals surface area contributed by atoms with Crippen molar-refractivity contribution in [3.63, 3.8) is 0 Å². The van der Waals surface area contributed by atoms with Crippen LogP contribution in [0.1, 0.15) is 27.5 Å². The van der Waals surface area contributed by atoms with Gasteiger partial charge >= 0.3 is 5.97 Å². The van der Waals surface area contributed by atoms with Crippen molar-refractivity contribution in [2.24, 2.45) is 0 Å². The average Bonchev–Trinajstić information content (AvgIpc) is 2.69. The van der Waals surface area contributed by atoms with Crippen LogP contribution in [0.2, 0.25) is 0 Å². The van der Waals surface area contributed by atoms with E-state index in [2.05, 4.69) is 0 Å². The smallest absolute Gasteiger partial charge is 0.331 e. The van der Waals surface area contributed by atoms with Crippen LogP contribution in [0.25, 0.3) is 0 Å². The van der Waals surface area contributed by atoms with Gasteiger partial charge in [0.1, 0.15) is 0 Å². The lowest BCUT2D eigenvalue weighted by Crippen LogP contribution is -2.38. The number of nitrogens with zero attached hydrogens (tertiary/aromatic N) is 1. The van der Waals surface area contributed by atoms with Crippen molar-refractivity contribution in [1.82, 2.24) is 4.90 Å². The number of rotatable bonds is 6.